The number of aryl methyl sites for hydroxylation is 1. The van der Waals surface area contributed by atoms with E-state index in [1.807, 2.05) is 18.5 Å². The van der Waals surface area contributed by atoms with Crippen LogP contribution in [0.2, 0.25) is 0 Å². The van der Waals surface area contributed by atoms with Crippen LogP contribution in [-0.2, 0) is 23.1 Å². The van der Waals surface area contributed by atoms with Gasteiger partial charge in [0.1, 0.15) is 0 Å². The molecule has 114 valence electrons. The van der Waals surface area contributed by atoms with Gasteiger partial charge in [0.2, 0.25) is 10.0 Å². The molecule has 2 rings (SSSR count). The number of likely N-dealkylation sites (N-methyl/N-ethyl adjacent to an activating group) is 1. The summed E-state index contributed by atoms with van der Waals surface area (Å²) in [6, 6.07) is 1.96. The monoisotopic (exact) mass is 300 g/mol. The maximum absolute atomic E-state index is 12.3. The van der Waals surface area contributed by atoms with Crippen LogP contribution >= 0.6 is 0 Å². The molecule has 2 heterocycles. The molecule has 0 saturated carbocycles. The number of likely N-dealkylation sites (tertiary alicyclic amines) is 1. The molecule has 6 nitrogen and oxygen atoms in total. The number of nitrogens with two attached hydrogens (primary N) is 1. The van der Waals surface area contributed by atoms with E-state index in [4.69, 9.17) is 5.73 Å². The third-order valence-corrected chi connectivity index (χ3v) is 5.39. The zero-order valence-electron chi connectivity index (χ0n) is 12.2. The predicted molar refractivity (Wildman–Crippen MR) is 78.8 cm³/mol. The molecular weight excluding hydrogens is 276 g/mol. The van der Waals surface area contributed by atoms with Crippen molar-refractivity contribution in [3.8, 4) is 0 Å². The van der Waals surface area contributed by atoms with Crippen molar-refractivity contribution in [3.05, 3.63) is 18.0 Å². The maximum atomic E-state index is 12.3. The van der Waals surface area contributed by atoms with Gasteiger partial charge in [-0.2, -0.15) is 0 Å². The highest BCUT2D eigenvalue weighted by Gasteiger charge is 2.24. The Hall–Kier alpha value is -0.890. The molecule has 1 unspecified atom stereocenters. The van der Waals surface area contributed by atoms with Crippen molar-refractivity contribution in [2.24, 2.45) is 5.73 Å². The maximum Gasteiger partial charge on any atom is 0.242 e. The van der Waals surface area contributed by atoms with E-state index in [1.54, 1.807) is 12.3 Å². The fourth-order valence-electron chi connectivity index (χ4n) is 2.66. The number of hydrogen-bond acceptors (Lipinski definition) is 4. The second-order valence-electron chi connectivity index (χ2n) is 5.29. The molecule has 1 fully saturated rings. The lowest BCUT2D eigenvalue weighted by molar-refractivity contribution is 0.311. The third-order valence-electron chi connectivity index (χ3n) is 4.00. The molecule has 1 aromatic rings. The molecule has 1 aliphatic rings. The summed E-state index contributed by atoms with van der Waals surface area (Å²) in [7, 11) is -1.41. The van der Waals surface area contributed by atoms with Crippen molar-refractivity contribution >= 4 is 10.0 Å². The summed E-state index contributed by atoms with van der Waals surface area (Å²) in [6.07, 6.45) is 3.83. The van der Waals surface area contributed by atoms with Gasteiger partial charge in [-0.05, 0) is 39.4 Å². The average molecular weight is 300 g/mol. The Bertz CT molecular complexity index is 531. The van der Waals surface area contributed by atoms with Crippen molar-refractivity contribution < 1.29 is 8.42 Å². The largest absolute Gasteiger partial charge is 0.349 e. The van der Waals surface area contributed by atoms with Gasteiger partial charge in [-0.1, -0.05) is 0 Å². The van der Waals surface area contributed by atoms with E-state index in [2.05, 4.69) is 9.62 Å². The van der Waals surface area contributed by atoms with Gasteiger partial charge in [-0.15, -0.1) is 0 Å². The minimum absolute atomic E-state index is 0.298. The lowest BCUT2D eigenvalue weighted by Gasteiger charge is -2.19. The van der Waals surface area contributed by atoms with Crippen LogP contribution in [0.4, 0.5) is 0 Å². The first-order valence-electron chi connectivity index (χ1n) is 7.07. The molecule has 0 radical (unpaired) electrons. The first kappa shape index (κ1) is 15.5. The van der Waals surface area contributed by atoms with Gasteiger partial charge in [-0.25, -0.2) is 13.1 Å². The highest BCUT2D eigenvalue weighted by atomic mass is 32.2. The van der Waals surface area contributed by atoms with Gasteiger partial charge in [0.15, 0.2) is 0 Å². The van der Waals surface area contributed by atoms with Crippen molar-refractivity contribution in [2.45, 2.75) is 43.8 Å². The van der Waals surface area contributed by atoms with E-state index in [0.29, 0.717) is 30.6 Å². The molecule has 20 heavy (non-hydrogen) atoms. The van der Waals surface area contributed by atoms with E-state index >= 15 is 0 Å². The number of hydrogen-bond donors (Lipinski definition) is 2. The molecule has 0 spiro atoms. The SMILES string of the molecule is CCn1cc(S(=O)(=O)NCC2CCCN2C)cc1CN. The zero-order chi connectivity index (χ0) is 14.8. The topological polar surface area (TPSA) is 80.4 Å². The number of sulfonamides is 1. The Balaban J connectivity index is 2.08. The quantitative estimate of drug-likeness (QED) is 0.794. The summed E-state index contributed by atoms with van der Waals surface area (Å²) in [6.45, 7) is 4.53. The minimum Gasteiger partial charge on any atom is -0.349 e. The van der Waals surface area contributed by atoms with Gasteiger partial charge < -0.3 is 15.2 Å². The molecule has 0 aromatic carbocycles. The molecule has 1 atom stereocenters. The van der Waals surface area contributed by atoms with Gasteiger partial charge in [0.05, 0.1) is 4.90 Å². The number of nitrogens with zero attached hydrogens (tertiary/aromatic N) is 2. The normalized spacial score (nSPS) is 20.6. The molecule has 0 amide bonds. The average Bonchev–Trinajstić information content (AvgIpc) is 3.02. The standard InChI is InChI=1S/C13H24N4O2S/c1-3-17-10-13(7-12(17)8-14)20(18,19)15-9-11-5-4-6-16(11)2/h7,10-11,15H,3-6,8-9,14H2,1-2H3. The fraction of sp³-hybridized carbons (Fsp3) is 0.692. The van der Waals surface area contributed by atoms with E-state index < -0.39 is 10.0 Å². The van der Waals surface area contributed by atoms with Gasteiger partial charge in [-0.3, -0.25) is 0 Å². The van der Waals surface area contributed by atoms with Crippen LogP contribution < -0.4 is 10.5 Å². The van der Waals surface area contributed by atoms with Gasteiger partial charge >= 0.3 is 0 Å². The molecule has 1 aromatic heterocycles. The molecule has 3 N–H and O–H groups in total. The Morgan fingerprint density at radius 2 is 2.25 bits per heavy atom. The van der Waals surface area contributed by atoms with Gasteiger partial charge in [0, 0.05) is 37.6 Å². The summed E-state index contributed by atoms with van der Waals surface area (Å²) in [4.78, 5) is 2.51. The summed E-state index contributed by atoms with van der Waals surface area (Å²) in [5.41, 5.74) is 6.47. The van der Waals surface area contributed by atoms with Gasteiger partial charge in [0.25, 0.3) is 0 Å². The number of nitrogens with one attached hydrogen (secondary N) is 1. The Morgan fingerprint density at radius 1 is 1.50 bits per heavy atom. The van der Waals surface area contributed by atoms with E-state index in [-0.39, 0.29) is 0 Å². The van der Waals surface area contributed by atoms with Crippen LogP contribution in [0.15, 0.2) is 17.2 Å². The van der Waals surface area contributed by atoms with Crippen molar-refractivity contribution in [3.63, 3.8) is 0 Å². The lowest BCUT2D eigenvalue weighted by atomic mass is 10.2. The smallest absolute Gasteiger partial charge is 0.242 e. The van der Waals surface area contributed by atoms with Crippen LogP contribution in [0.5, 0.6) is 0 Å². The van der Waals surface area contributed by atoms with Crippen molar-refractivity contribution in [1.82, 2.24) is 14.2 Å². The van der Waals surface area contributed by atoms with Crippen molar-refractivity contribution in [2.75, 3.05) is 20.1 Å². The predicted octanol–water partition coefficient (Wildman–Crippen LogP) is 0.339. The molecule has 7 heteroatoms. The fourth-order valence-corrected chi connectivity index (χ4v) is 3.80. The van der Waals surface area contributed by atoms with Crippen LogP contribution in [0.25, 0.3) is 0 Å². The number of rotatable bonds is 6. The molecular formula is C13H24N4O2S. The second-order valence-corrected chi connectivity index (χ2v) is 7.05. The Labute approximate surface area is 121 Å². The van der Waals surface area contributed by atoms with Crippen LogP contribution in [0.1, 0.15) is 25.5 Å². The van der Waals surface area contributed by atoms with Crippen molar-refractivity contribution in [1.29, 1.82) is 0 Å². The number of aromatic nitrogens is 1. The first-order chi connectivity index (χ1) is 9.47. The molecule has 0 bridgehead atoms. The second kappa shape index (κ2) is 6.26. The molecule has 1 saturated heterocycles. The lowest BCUT2D eigenvalue weighted by Crippen LogP contribution is -2.38. The summed E-state index contributed by atoms with van der Waals surface area (Å²) in [5, 5.41) is 0. The third kappa shape index (κ3) is 3.22. The summed E-state index contributed by atoms with van der Waals surface area (Å²) in [5.74, 6) is 0. The minimum atomic E-state index is -3.45. The molecule has 1 aliphatic heterocycles. The Morgan fingerprint density at radius 3 is 2.75 bits per heavy atom. The molecule has 0 aliphatic carbocycles. The van der Waals surface area contributed by atoms with E-state index in [0.717, 1.165) is 25.1 Å². The summed E-state index contributed by atoms with van der Waals surface area (Å²) < 4.78 is 29.2. The highest BCUT2D eigenvalue weighted by molar-refractivity contribution is 7.89. The van der Waals surface area contributed by atoms with Crippen LogP contribution in [0, 0.1) is 0 Å². The Kier molecular flexibility index (Phi) is 4.85. The van der Waals surface area contributed by atoms with Crippen LogP contribution in [-0.4, -0.2) is 44.1 Å². The zero-order valence-corrected chi connectivity index (χ0v) is 13.0. The first-order valence-corrected chi connectivity index (χ1v) is 8.55. The highest BCUT2D eigenvalue weighted by Crippen LogP contribution is 2.17. The van der Waals surface area contributed by atoms with Crippen LogP contribution in [0.3, 0.4) is 0 Å². The van der Waals surface area contributed by atoms with E-state index in [1.165, 1.54) is 0 Å². The summed E-state index contributed by atoms with van der Waals surface area (Å²) >= 11 is 0. The van der Waals surface area contributed by atoms with E-state index in [9.17, 15) is 8.42 Å².